The standard InChI is InChI=1S/C15H14F2N2O/c1-19(12-4-2-3-10(7-12)9-18)15(20)11-5-6-13(16)14(17)8-11/h2-8H,9,18H2,1H3. The molecule has 0 aliphatic rings. The third kappa shape index (κ3) is 2.83. The second-order valence-electron chi connectivity index (χ2n) is 4.37. The lowest BCUT2D eigenvalue weighted by molar-refractivity contribution is 0.0992. The Hall–Kier alpha value is -2.27. The number of carbonyl (C=O) groups is 1. The lowest BCUT2D eigenvalue weighted by Gasteiger charge is -2.18. The van der Waals surface area contributed by atoms with E-state index in [0.29, 0.717) is 12.2 Å². The van der Waals surface area contributed by atoms with Crippen molar-refractivity contribution < 1.29 is 13.6 Å². The van der Waals surface area contributed by atoms with Crippen LogP contribution < -0.4 is 10.6 Å². The molecule has 0 saturated heterocycles. The molecule has 0 saturated carbocycles. The molecule has 20 heavy (non-hydrogen) atoms. The summed E-state index contributed by atoms with van der Waals surface area (Å²) in [5.74, 6) is -2.44. The Morgan fingerprint density at radius 3 is 2.55 bits per heavy atom. The van der Waals surface area contributed by atoms with E-state index < -0.39 is 17.5 Å². The number of anilines is 1. The largest absolute Gasteiger partial charge is 0.326 e. The number of nitrogens with zero attached hydrogens (tertiary/aromatic N) is 1. The van der Waals surface area contributed by atoms with Gasteiger partial charge < -0.3 is 10.6 Å². The van der Waals surface area contributed by atoms with Crippen molar-refractivity contribution in [3.63, 3.8) is 0 Å². The minimum absolute atomic E-state index is 0.0875. The smallest absolute Gasteiger partial charge is 0.258 e. The Bertz CT molecular complexity index is 644. The zero-order valence-electron chi connectivity index (χ0n) is 10.9. The van der Waals surface area contributed by atoms with E-state index in [1.807, 2.05) is 6.07 Å². The zero-order chi connectivity index (χ0) is 14.7. The predicted octanol–water partition coefficient (Wildman–Crippen LogP) is 2.70. The summed E-state index contributed by atoms with van der Waals surface area (Å²) in [6.45, 7) is 0.362. The Balaban J connectivity index is 2.29. The van der Waals surface area contributed by atoms with Gasteiger partial charge in [0.05, 0.1) is 0 Å². The van der Waals surface area contributed by atoms with E-state index in [4.69, 9.17) is 5.73 Å². The zero-order valence-corrected chi connectivity index (χ0v) is 10.9. The molecule has 2 rings (SSSR count). The molecule has 104 valence electrons. The van der Waals surface area contributed by atoms with Crippen molar-refractivity contribution in [3.8, 4) is 0 Å². The molecule has 2 N–H and O–H groups in total. The summed E-state index contributed by atoms with van der Waals surface area (Å²) in [5.41, 5.74) is 7.16. The Labute approximate surface area is 115 Å². The highest BCUT2D eigenvalue weighted by atomic mass is 19.2. The van der Waals surface area contributed by atoms with E-state index in [0.717, 1.165) is 17.7 Å². The number of nitrogens with two attached hydrogens (primary N) is 1. The molecule has 2 aromatic rings. The van der Waals surface area contributed by atoms with Crippen LogP contribution in [0.4, 0.5) is 14.5 Å². The second kappa shape index (κ2) is 5.79. The Morgan fingerprint density at radius 1 is 1.15 bits per heavy atom. The molecule has 0 atom stereocenters. The molecule has 0 aromatic heterocycles. The van der Waals surface area contributed by atoms with E-state index in [9.17, 15) is 13.6 Å². The van der Waals surface area contributed by atoms with Crippen molar-refractivity contribution in [2.45, 2.75) is 6.54 Å². The van der Waals surface area contributed by atoms with Gasteiger partial charge in [-0.1, -0.05) is 12.1 Å². The molecule has 0 radical (unpaired) electrons. The SMILES string of the molecule is CN(C(=O)c1ccc(F)c(F)c1)c1cccc(CN)c1. The summed E-state index contributed by atoms with van der Waals surface area (Å²) in [7, 11) is 1.57. The topological polar surface area (TPSA) is 46.3 Å². The summed E-state index contributed by atoms with van der Waals surface area (Å²) < 4.78 is 26.0. The van der Waals surface area contributed by atoms with E-state index in [2.05, 4.69) is 0 Å². The fourth-order valence-corrected chi connectivity index (χ4v) is 1.83. The second-order valence-corrected chi connectivity index (χ2v) is 4.37. The van der Waals surface area contributed by atoms with Crippen LogP contribution in [0, 0.1) is 11.6 Å². The molecule has 0 unspecified atom stereocenters. The van der Waals surface area contributed by atoms with Crippen LogP contribution in [0.25, 0.3) is 0 Å². The van der Waals surface area contributed by atoms with Gasteiger partial charge in [-0.15, -0.1) is 0 Å². The first-order valence-corrected chi connectivity index (χ1v) is 6.05. The van der Waals surface area contributed by atoms with E-state index in [1.54, 1.807) is 25.2 Å². The van der Waals surface area contributed by atoms with Gasteiger partial charge in [-0.3, -0.25) is 4.79 Å². The highest BCUT2D eigenvalue weighted by Gasteiger charge is 2.15. The van der Waals surface area contributed by atoms with E-state index in [-0.39, 0.29) is 5.56 Å². The van der Waals surface area contributed by atoms with Gasteiger partial charge in [-0.25, -0.2) is 8.78 Å². The maximum atomic E-state index is 13.2. The Morgan fingerprint density at radius 2 is 1.90 bits per heavy atom. The molecule has 3 nitrogen and oxygen atoms in total. The molecule has 1 amide bonds. The highest BCUT2D eigenvalue weighted by molar-refractivity contribution is 6.05. The van der Waals surface area contributed by atoms with Crippen LogP contribution >= 0.6 is 0 Å². The van der Waals surface area contributed by atoms with Crippen molar-refractivity contribution in [1.82, 2.24) is 0 Å². The summed E-state index contributed by atoms with van der Waals surface area (Å²) >= 11 is 0. The van der Waals surface area contributed by atoms with Gasteiger partial charge in [0, 0.05) is 24.8 Å². The van der Waals surface area contributed by atoms with Gasteiger partial charge >= 0.3 is 0 Å². The predicted molar refractivity (Wildman–Crippen MR) is 73.4 cm³/mol. The van der Waals surface area contributed by atoms with Crippen molar-refractivity contribution in [2.24, 2.45) is 5.73 Å². The summed E-state index contributed by atoms with van der Waals surface area (Å²) in [5, 5.41) is 0. The summed E-state index contributed by atoms with van der Waals surface area (Å²) in [6, 6.07) is 10.2. The van der Waals surface area contributed by atoms with Crippen LogP contribution in [-0.2, 0) is 6.54 Å². The number of carbonyl (C=O) groups excluding carboxylic acids is 1. The van der Waals surface area contributed by atoms with Crippen molar-refractivity contribution in [2.75, 3.05) is 11.9 Å². The third-order valence-corrected chi connectivity index (χ3v) is 3.00. The van der Waals surface area contributed by atoms with Gasteiger partial charge in [0.25, 0.3) is 5.91 Å². The number of amides is 1. The number of hydrogen-bond donors (Lipinski definition) is 1. The summed E-state index contributed by atoms with van der Waals surface area (Å²) in [4.78, 5) is 13.6. The molecule has 5 heteroatoms. The number of halogens is 2. The maximum Gasteiger partial charge on any atom is 0.258 e. The van der Waals surface area contributed by atoms with Crippen LogP contribution in [0.1, 0.15) is 15.9 Å². The number of rotatable bonds is 3. The van der Waals surface area contributed by atoms with Crippen molar-refractivity contribution in [3.05, 3.63) is 65.2 Å². The van der Waals surface area contributed by atoms with Crippen molar-refractivity contribution in [1.29, 1.82) is 0 Å². The molecule has 0 heterocycles. The van der Waals surface area contributed by atoms with Gasteiger partial charge in [0.15, 0.2) is 11.6 Å². The van der Waals surface area contributed by atoms with Crippen LogP contribution in [0.3, 0.4) is 0 Å². The molecule has 0 spiro atoms. The van der Waals surface area contributed by atoms with Crippen molar-refractivity contribution >= 4 is 11.6 Å². The number of benzene rings is 2. The molecule has 2 aromatic carbocycles. The number of hydrogen-bond acceptors (Lipinski definition) is 2. The monoisotopic (exact) mass is 276 g/mol. The van der Waals surface area contributed by atoms with E-state index >= 15 is 0 Å². The maximum absolute atomic E-state index is 13.2. The van der Waals surface area contributed by atoms with E-state index in [1.165, 1.54) is 11.0 Å². The minimum atomic E-state index is -1.04. The normalized spacial score (nSPS) is 10.4. The van der Waals surface area contributed by atoms with Gasteiger partial charge in [-0.2, -0.15) is 0 Å². The lowest BCUT2D eigenvalue weighted by Crippen LogP contribution is -2.26. The van der Waals surface area contributed by atoms with Gasteiger partial charge in [0.1, 0.15) is 0 Å². The average molecular weight is 276 g/mol. The lowest BCUT2D eigenvalue weighted by atomic mass is 10.1. The van der Waals surface area contributed by atoms with Crippen LogP contribution in [0.15, 0.2) is 42.5 Å². The van der Waals surface area contributed by atoms with Crippen LogP contribution in [-0.4, -0.2) is 13.0 Å². The summed E-state index contributed by atoms with van der Waals surface area (Å²) in [6.07, 6.45) is 0. The molecule has 0 aliphatic heterocycles. The molecule has 0 aliphatic carbocycles. The molecule has 0 bridgehead atoms. The van der Waals surface area contributed by atoms with Crippen LogP contribution in [0.2, 0.25) is 0 Å². The first kappa shape index (κ1) is 14.1. The van der Waals surface area contributed by atoms with Crippen LogP contribution in [0.5, 0.6) is 0 Å². The first-order valence-electron chi connectivity index (χ1n) is 6.05. The van der Waals surface area contributed by atoms with Gasteiger partial charge in [-0.05, 0) is 35.9 Å². The molecule has 0 fully saturated rings. The minimum Gasteiger partial charge on any atom is -0.326 e. The fourth-order valence-electron chi connectivity index (χ4n) is 1.83. The first-order chi connectivity index (χ1) is 9.52. The average Bonchev–Trinajstić information content (AvgIpc) is 2.48. The molecular weight excluding hydrogens is 262 g/mol. The quantitative estimate of drug-likeness (QED) is 0.937. The highest BCUT2D eigenvalue weighted by Crippen LogP contribution is 2.18. The Kier molecular flexibility index (Phi) is 4.10. The van der Waals surface area contributed by atoms with Gasteiger partial charge in [0.2, 0.25) is 0 Å². The third-order valence-electron chi connectivity index (χ3n) is 3.00. The fraction of sp³-hybridized carbons (Fsp3) is 0.133. The molecular formula is C15H14F2N2O.